The molecule has 0 aliphatic carbocycles. The number of nitro groups is 1. The second-order valence-corrected chi connectivity index (χ2v) is 3.28. The molecule has 0 saturated carbocycles. The highest BCUT2D eigenvalue weighted by Crippen LogP contribution is 2.11. The third-order valence-electron chi connectivity index (χ3n) is 2.02. The minimum absolute atomic E-state index is 0.0609. The summed E-state index contributed by atoms with van der Waals surface area (Å²) in [5.41, 5.74) is 3.29. The predicted octanol–water partition coefficient (Wildman–Crippen LogP) is 1.83. The number of pyridine rings is 2. The lowest BCUT2D eigenvalue weighted by atomic mass is 10.4. The van der Waals surface area contributed by atoms with Gasteiger partial charge in [0.25, 0.3) is 5.69 Å². The van der Waals surface area contributed by atoms with Gasteiger partial charge in [0.05, 0.1) is 16.8 Å². The summed E-state index contributed by atoms with van der Waals surface area (Å²) in [7, 11) is 0. The summed E-state index contributed by atoms with van der Waals surface area (Å²) in [4.78, 5) is 17.8. The molecule has 90 valence electrons. The minimum atomic E-state index is -0.506. The molecule has 0 fully saturated rings. The van der Waals surface area contributed by atoms with Crippen LogP contribution in [0.4, 0.5) is 11.5 Å². The van der Waals surface area contributed by atoms with Gasteiger partial charge in [0.15, 0.2) is 0 Å². The van der Waals surface area contributed by atoms with E-state index < -0.39 is 4.92 Å². The number of anilines is 1. The number of rotatable bonds is 4. The summed E-state index contributed by atoms with van der Waals surface area (Å²) < 4.78 is 0. The molecule has 0 radical (unpaired) electrons. The molecule has 1 N–H and O–H groups in total. The fraction of sp³-hybridized carbons (Fsp3) is 0. The molecule has 0 amide bonds. The SMILES string of the molecule is O=[N+]([O-])c1ccc(NN=Cc2ccccn2)nc1. The Morgan fingerprint density at radius 2 is 2.17 bits per heavy atom. The molecule has 0 aliphatic rings. The van der Waals surface area contributed by atoms with E-state index in [9.17, 15) is 10.1 Å². The van der Waals surface area contributed by atoms with Crippen molar-refractivity contribution in [1.82, 2.24) is 9.97 Å². The fourth-order valence-corrected chi connectivity index (χ4v) is 1.18. The van der Waals surface area contributed by atoms with Crippen LogP contribution in [0.15, 0.2) is 47.8 Å². The van der Waals surface area contributed by atoms with Crippen molar-refractivity contribution < 1.29 is 4.92 Å². The lowest BCUT2D eigenvalue weighted by Gasteiger charge is -1.97. The maximum atomic E-state index is 10.4. The summed E-state index contributed by atoms with van der Waals surface area (Å²) >= 11 is 0. The van der Waals surface area contributed by atoms with E-state index in [1.165, 1.54) is 24.5 Å². The molecule has 2 rings (SSSR count). The third kappa shape index (κ3) is 3.08. The topological polar surface area (TPSA) is 93.3 Å². The minimum Gasteiger partial charge on any atom is -0.261 e. The van der Waals surface area contributed by atoms with Crippen molar-refractivity contribution >= 4 is 17.7 Å². The smallest absolute Gasteiger partial charge is 0.261 e. The van der Waals surface area contributed by atoms with Gasteiger partial charge in [0, 0.05) is 12.3 Å². The van der Waals surface area contributed by atoms with Crippen LogP contribution in [0.25, 0.3) is 0 Å². The van der Waals surface area contributed by atoms with Crippen LogP contribution in [0.5, 0.6) is 0 Å². The lowest BCUT2D eigenvalue weighted by Crippen LogP contribution is -1.95. The van der Waals surface area contributed by atoms with Crippen molar-refractivity contribution in [2.45, 2.75) is 0 Å². The van der Waals surface area contributed by atoms with Gasteiger partial charge in [-0.2, -0.15) is 5.10 Å². The molecule has 0 atom stereocenters. The van der Waals surface area contributed by atoms with Gasteiger partial charge < -0.3 is 0 Å². The first-order chi connectivity index (χ1) is 8.75. The van der Waals surface area contributed by atoms with Crippen LogP contribution in [0.1, 0.15) is 5.69 Å². The largest absolute Gasteiger partial charge is 0.287 e. The Kier molecular flexibility index (Phi) is 3.55. The first-order valence-corrected chi connectivity index (χ1v) is 5.06. The van der Waals surface area contributed by atoms with Gasteiger partial charge in [-0.3, -0.25) is 20.5 Å². The van der Waals surface area contributed by atoms with Crippen molar-refractivity contribution in [3.8, 4) is 0 Å². The fourth-order valence-electron chi connectivity index (χ4n) is 1.18. The van der Waals surface area contributed by atoms with Crippen LogP contribution in [0.3, 0.4) is 0 Å². The molecule has 2 heterocycles. The molecular formula is C11H9N5O2. The zero-order valence-electron chi connectivity index (χ0n) is 9.22. The molecule has 0 aliphatic heterocycles. The van der Waals surface area contributed by atoms with Crippen molar-refractivity contribution in [3.63, 3.8) is 0 Å². The summed E-state index contributed by atoms with van der Waals surface area (Å²) in [6.45, 7) is 0. The van der Waals surface area contributed by atoms with Gasteiger partial charge in [-0.1, -0.05) is 6.07 Å². The van der Waals surface area contributed by atoms with E-state index in [2.05, 4.69) is 20.5 Å². The lowest BCUT2D eigenvalue weighted by molar-refractivity contribution is -0.385. The average Bonchev–Trinajstić information content (AvgIpc) is 2.40. The van der Waals surface area contributed by atoms with Crippen LogP contribution in [0, 0.1) is 10.1 Å². The number of hydrogen-bond donors (Lipinski definition) is 1. The van der Waals surface area contributed by atoms with Crippen molar-refractivity contribution in [3.05, 3.63) is 58.5 Å². The highest BCUT2D eigenvalue weighted by Gasteiger charge is 2.04. The van der Waals surface area contributed by atoms with Crippen LogP contribution in [-0.4, -0.2) is 21.1 Å². The molecule has 0 unspecified atom stereocenters. The molecule has 7 nitrogen and oxygen atoms in total. The van der Waals surface area contributed by atoms with Gasteiger partial charge in [0.1, 0.15) is 12.0 Å². The van der Waals surface area contributed by atoms with Gasteiger partial charge in [-0.25, -0.2) is 4.98 Å². The van der Waals surface area contributed by atoms with Crippen LogP contribution >= 0.6 is 0 Å². The van der Waals surface area contributed by atoms with Gasteiger partial charge in [-0.15, -0.1) is 0 Å². The molecule has 2 aromatic heterocycles. The Bertz CT molecular complexity index is 553. The van der Waals surface area contributed by atoms with E-state index in [1.54, 1.807) is 12.3 Å². The van der Waals surface area contributed by atoms with Crippen LogP contribution in [0.2, 0.25) is 0 Å². The number of hydrogen-bond acceptors (Lipinski definition) is 6. The van der Waals surface area contributed by atoms with E-state index in [1.807, 2.05) is 12.1 Å². The van der Waals surface area contributed by atoms with E-state index >= 15 is 0 Å². The summed E-state index contributed by atoms with van der Waals surface area (Å²) in [5.74, 6) is 0.424. The molecular weight excluding hydrogens is 234 g/mol. The number of nitrogens with zero attached hydrogens (tertiary/aromatic N) is 4. The molecule has 0 saturated heterocycles. The average molecular weight is 243 g/mol. The quantitative estimate of drug-likeness (QED) is 0.502. The Labute approximate surface area is 102 Å². The Balaban J connectivity index is 1.98. The molecule has 0 spiro atoms. The normalized spacial score (nSPS) is 10.4. The van der Waals surface area contributed by atoms with E-state index in [0.29, 0.717) is 11.5 Å². The van der Waals surface area contributed by atoms with Crippen molar-refractivity contribution in [1.29, 1.82) is 0 Å². The third-order valence-corrected chi connectivity index (χ3v) is 2.02. The maximum Gasteiger partial charge on any atom is 0.287 e. The predicted molar refractivity (Wildman–Crippen MR) is 66.3 cm³/mol. The number of nitrogens with one attached hydrogen (secondary N) is 1. The van der Waals surface area contributed by atoms with Gasteiger partial charge in [-0.05, 0) is 18.2 Å². The van der Waals surface area contributed by atoms with Gasteiger partial charge in [0.2, 0.25) is 0 Å². The Hall–Kier alpha value is -2.83. The molecule has 7 heteroatoms. The van der Waals surface area contributed by atoms with Crippen molar-refractivity contribution in [2.24, 2.45) is 5.10 Å². The van der Waals surface area contributed by atoms with E-state index in [-0.39, 0.29) is 5.69 Å². The zero-order valence-corrected chi connectivity index (χ0v) is 9.22. The van der Waals surface area contributed by atoms with Crippen molar-refractivity contribution in [2.75, 3.05) is 5.43 Å². The first kappa shape index (κ1) is 11.6. The Morgan fingerprint density at radius 3 is 2.78 bits per heavy atom. The first-order valence-electron chi connectivity index (χ1n) is 5.06. The zero-order chi connectivity index (χ0) is 12.8. The summed E-state index contributed by atoms with van der Waals surface area (Å²) in [6, 6.07) is 8.29. The molecule has 18 heavy (non-hydrogen) atoms. The summed E-state index contributed by atoms with van der Waals surface area (Å²) in [6.07, 6.45) is 4.35. The van der Waals surface area contributed by atoms with Crippen LogP contribution in [-0.2, 0) is 0 Å². The number of hydrazone groups is 1. The number of aromatic nitrogens is 2. The highest BCUT2D eigenvalue weighted by atomic mass is 16.6. The molecule has 2 aromatic rings. The van der Waals surface area contributed by atoms with E-state index in [0.717, 1.165) is 0 Å². The summed E-state index contributed by atoms with van der Waals surface area (Å²) in [5, 5.41) is 14.3. The van der Waals surface area contributed by atoms with E-state index in [4.69, 9.17) is 0 Å². The molecule has 0 aromatic carbocycles. The second-order valence-electron chi connectivity index (χ2n) is 3.28. The van der Waals surface area contributed by atoms with Crippen LogP contribution < -0.4 is 5.43 Å². The highest BCUT2D eigenvalue weighted by molar-refractivity contribution is 5.77. The second kappa shape index (κ2) is 5.48. The standard InChI is InChI=1S/C11H9N5O2/c17-16(18)10-4-5-11(13-8-10)15-14-7-9-3-1-2-6-12-9/h1-8H,(H,13,15). The monoisotopic (exact) mass is 243 g/mol. The maximum absolute atomic E-state index is 10.4. The molecule has 0 bridgehead atoms. The van der Waals surface area contributed by atoms with Gasteiger partial charge >= 0.3 is 0 Å². The Morgan fingerprint density at radius 1 is 1.28 bits per heavy atom.